The molecule has 1 aliphatic carbocycles. The lowest BCUT2D eigenvalue weighted by molar-refractivity contribution is 0.871. The standard InChI is InChI=1S/C54H35N/c1-2-12-49-36(6-1)7-5-13-50(49)55(47-26-22-34(23-27-47)45-30-41-18-14-37-8-3-9-38-15-19-42(31-45)53(41)51(37)38)48-28-24-35(25-29-48)46-32-43-20-16-39-10-4-11-40-17-21-44(33-46)54(43)52(39)40/h1-32,46H,33H2. The SMILES string of the molecule is C1=c2ccc3cccc4ccc(c2c43)CC1c1ccc(N(c2ccc(-c3cc4ccc5cccc6ccc(c3)c4c56)cc2)c2cccc3ccccc23)cc1. The van der Waals surface area contributed by atoms with Crippen LogP contribution in [-0.4, -0.2) is 0 Å². The third-order valence-corrected chi connectivity index (χ3v) is 12.2. The molecule has 1 aliphatic rings. The van der Waals surface area contributed by atoms with Crippen molar-refractivity contribution in [2.24, 2.45) is 0 Å². The predicted molar refractivity (Wildman–Crippen MR) is 235 cm³/mol. The Hall–Kier alpha value is -6.96. The molecule has 0 spiro atoms. The van der Waals surface area contributed by atoms with E-state index in [1.54, 1.807) is 0 Å². The van der Waals surface area contributed by atoms with E-state index in [0.717, 1.165) is 17.8 Å². The van der Waals surface area contributed by atoms with Crippen LogP contribution >= 0.6 is 0 Å². The van der Waals surface area contributed by atoms with E-state index in [1.807, 2.05) is 0 Å². The zero-order chi connectivity index (χ0) is 36.0. The lowest BCUT2D eigenvalue weighted by Crippen LogP contribution is -2.16. The van der Waals surface area contributed by atoms with Gasteiger partial charge >= 0.3 is 0 Å². The molecule has 0 fully saturated rings. The Morgan fingerprint density at radius 2 is 0.909 bits per heavy atom. The number of hydrogen-bond acceptors (Lipinski definition) is 1. The van der Waals surface area contributed by atoms with Gasteiger partial charge < -0.3 is 4.90 Å². The van der Waals surface area contributed by atoms with E-state index in [0.29, 0.717) is 5.92 Å². The van der Waals surface area contributed by atoms with Gasteiger partial charge in [0.05, 0.1) is 5.69 Å². The molecule has 0 saturated heterocycles. The van der Waals surface area contributed by atoms with Crippen molar-refractivity contribution in [3.8, 4) is 11.1 Å². The van der Waals surface area contributed by atoms with Gasteiger partial charge in [-0.25, -0.2) is 0 Å². The fraction of sp³-hybridized carbons (Fsp3) is 0.0370. The zero-order valence-electron chi connectivity index (χ0n) is 30.2. The van der Waals surface area contributed by atoms with Crippen molar-refractivity contribution in [1.29, 1.82) is 0 Å². The van der Waals surface area contributed by atoms with Crippen molar-refractivity contribution in [3.63, 3.8) is 0 Å². The third-order valence-electron chi connectivity index (χ3n) is 12.2. The molecule has 1 atom stereocenters. The van der Waals surface area contributed by atoms with Crippen LogP contribution in [0.3, 0.4) is 0 Å². The van der Waals surface area contributed by atoms with Crippen LogP contribution in [0.25, 0.3) is 81.8 Å². The highest BCUT2D eigenvalue weighted by Gasteiger charge is 2.21. The van der Waals surface area contributed by atoms with Crippen molar-refractivity contribution in [2.45, 2.75) is 12.3 Å². The minimum absolute atomic E-state index is 0.320. The summed E-state index contributed by atoms with van der Waals surface area (Å²) >= 11 is 0. The number of anilines is 3. The molecule has 1 heteroatoms. The first kappa shape index (κ1) is 30.5. The molecule has 256 valence electrons. The van der Waals surface area contributed by atoms with E-state index in [4.69, 9.17) is 0 Å². The summed E-state index contributed by atoms with van der Waals surface area (Å²) in [6.07, 6.45) is 3.50. The number of nitrogens with zero attached hydrogens (tertiary/aromatic N) is 1. The number of rotatable bonds is 5. The van der Waals surface area contributed by atoms with Gasteiger partial charge in [-0.05, 0) is 136 Å². The summed E-state index contributed by atoms with van der Waals surface area (Å²) in [5.41, 5.74) is 8.69. The van der Waals surface area contributed by atoms with Gasteiger partial charge in [-0.15, -0.1) is 0 Å². The Labute approximate surface area is 319 Å². The van der Waals surface area contributed by atoms with Gasteiger partial charge in [0, 0.05) is 22.7 Å². The predicted octanol–water partition coefficient (Wildman–Crippen LogP) is 14.0. The van der Waals surface area contributed by atoms with Crippen LogP contribution in [0.15, 0.2) is 188 Å². The molecule has 12 rings (SSSR count). The molecule has 0 aliphatic heterocycles. The van der Waals surface area contributed by atoms with E-state index in [9.17, 15) is 0 Å². The average Bonchev–Trinajstić information content (AvgIpc) is 3.25. The number of hydrogen-bond donors (Lipinski definition) is 0. The topological polar surface area (TPSA) is 3.24 Å². The second-order valence-corrected chi connectivity index (χ2v) is 15.3. The van der Waals surface area contributed by atoms with Crippen LogP contribution in [0.4, 0.5) is 17.1 Å². The van der Waals surface area contributed by atoms with Crippen LogP contribution in [0.1, 0.15) is 17.0 Å². The molecule has 0 amide bonds. The first-order chi connectivity index (χ1) is 27.2. The normalized spacial score (nSPS) is 14.1. The first-order valence-electron chi connectivity index (χ1n) is 19.3. The maximum Gasteiger partial charge on any atom is 0.0540 e. The van der Waals surface area contributed by atoms with Gasteiger partial charge in [0.25, 0.3) is 0 Å². The van der Waals surface area contributed by atoms with Gasteiger partial charge in [0.1, 0.15) is 0 Å². The number of fused-ring (bicyclic) bond motifs is 1. The van der Waals surface area contributed by atoms with E-state index in [-0.39, 0.29) is 0 Å². The van der Waals surface area contributed by atoms with E-state index in [2.05, 4.69) is 199 Å². The van der Waals surface area contributed by atoms with Crippen LogP contribution in [-0.2, 0) is 6.42 Å². The maximum absolute atomic E-state index is 2.49. The Kier molecular flexibility index (Phi) is 6.53. The Morgan fingerprint density at radius 3 is 1.62 bits per heavy atom. The highest BCUT2D eigenvalue weighted by Crippen LogP contribution is 2.42. The van der Waals surface area contributed by atoms with Crippen LogP contribution in [0.5, 0.6) is 0 Å². The molecule has 0 bridgehead atoms. The fourth-order valence-corrected chi connectivity index (χ4v) is 9.64. The number of benzene rings is 11. The highest BCUT2D eigenvalue weighted by atomic mass is 15.1. The van der Waals surface area contributed by atoms with Crippen molar-refractivity contribution >= 4 is 87.8 Å². The molecule has 11 aromatic carbocycles. The van der Waals surface area contributed by atoms with Crippen molar-refractivity contribution < 1.29 is 0 Å². The molecule has 55 heavy (non-hydrogen) atoms. The first-order valence-corrected chi connectivity index (χ1v) is 19.3. The second-order valence-electron chi connectivity index (χ2n) is 15.3. The van der Waals surface area contributed by atoms with Crippen molar-refractivity contribution in [1.82, 2.24) is 0 Å². The molecular formula is C54H35N. The smallest absolute Gasteiger partial charge is 0.0540 e. The molecular weight excluding hydrogens is 663 g/mol. The zero-order valence-corrected chi connectivity index (χ0v) is 30.2. The molecule has 0 radical (unpaired) electrons. The van der Waals surface area contributed by atoms with E-state index < -0.39 is 0 Å². The summed E-state index contributed by atoms with van der Waals surface area (Å²) in [6, 6.07) is 70.1. The minimum Gasteiger partial charge on any atom is -0.310 e. The van der Waals surface area contributed by atoms with Crippen LogP contribution in [0, 0.1) is 0 Å². The summed E-state index contributed by atoms with van der Waals surface area (Å²) in [6.45, 7) is 0. The summed E-state index contributed by atoms with van der Waals surface area (Å²) in [5, 5.41) is 17.2. The van der Waals surface area contributed by atoms with Crippen LogP contribution < -0.4 is 10.1 Å². The quantitative estimate of drug-likeness (QED) is 0.162. The molecule has 0 N–H and O–H groups in total. The lowest BCUT2D eigenvalue weighted by Gasteiger charge is -2.28. The monoisotopic (exact) mass is 697 g/mol. The largest absolute Gasteiger partial charge is 0.310 e. The van der Waals surface area contributed by atoms with Crippen LogP contribution in [0.2, 0.25) is 0 Å². The van der Waals surface area contributed by atoms with Crippen molar-refractivity contribution in [3.05, 3.63) is 204 Å². The Bertz CT molecular complexity index is 3250. The lowest BCUT2D eigenvalue weighted by atomic mass is 9.82. The second kappa shape index (κ2) is 11.8. The average molecular weight is 698 g/mol. The van der Waals surface area contributed by atoms with Gasteiger partial charge in [0.15, 0.2) is 0 Å². The maximum atomic E-state index is 2.49. The third kappa shape index (κ3) is 4.73. The van der Waals surface area contributed by atoms with E-state index >= 15 is 0 Å². The summed E-state index contributed by atoms with van der Waals surface area (Å²) in [4.78, 5) is 2.42. The van der Waals surface area contributed by atoms with Gasteiger partial charge in [-0.2, -0.15) is 0 Å². The molecule has 11 aromatic rings. The molecule has 0 heterocycles. The summed E-state index contributed by atoms with van der Waals surface area (Å²) < 4.78 is 0. The van der Waals surface area contributed by atoms with Gasteiger partial charge in [-0.1, -0.05) is 152 Å². The highest BCUT2D eigenvalue weighted by molar-refractivity contribution is 6.23. The van der Waals surface area contributed by atoms with E-state index in [1.165, 1.54) is 97.8 Å². The van der Waals surface area contributed by atoms with Gasteiger partial charge in [-0.3, -0.25) is 0 Å². The molecule has 0 saturated carbocycles. The summed E-state index contributed by atoms with van der Waals surface area (Å²) in [7, 11) is 0. The molecule has 1 nitrogen and oxygen atoms in total. The summed E-state index contributed by atoms with van der Waals surface area (Å²) in [5.74, 6) is 0.320. The Balaban J connectivity index is 0.943. The fourth-order valence-electron chi connectivity index (χ4n) is 9.64. The van der Waals surface area contributed by atoms with Gasteiger partial charge in [0.2, 0.25) is 0 Å². The van der Waals surface area contributed by atoms with Crippen molar-refractivity contribution in [2.75, 3.05) is 4.90 Å². The minimum atomic E-state index is 0.320. The molecule has 0 aromatic heterocycles. The molecule has 1 unspecified atom stereocenters. The Morgan fingerprint density at radius 1 is 0.382 bits per heavy atom.